The van der Waals surface area contributed by atoms with E-state index < -0.39 is 0 Å². The first kappa shape index (κ1) is 37.9. The minimum atomic E-state index is 0.977. The third-order valence-corrected chi connectivity index (χ3v) is 10.6. The second-order valence-electron chi connectivity index (χ2n) is 14.2. The monoisotopic (exact) mass is 728 g/mol. The number of benzene rings is 7. The van der Waals surface area contributed by atoms with Crippen LogP contribution in [0, 0.1) is 0 Å². The van der Waals surface area contributed by atoms with Crippen molar-refractivity contribution >= 4 is 58.4 Å². The summed E-state index contributed by atoms with van der Waals surface area (Å²) < 4.78 is 0. The Morgan fingerprint density at radius 1 is 0.304 bits per heavy atom. The number of hydrogen-bond acceptors (Lipinski definition) is 2. The Balaban J connectivity index is 1.04. The van der Waals surface area contributed by atoms with E-state index in [1.807, 2.05) is 0 Å². The average Bonchev–Trinajstić information content (AvgIpc) is 3.27. The predicted octanol–water partition coefficient (Wildman–Crippen LogP) is 15.2. The van der Waals surface area contributed by atoms with E-state index in [-0.39, 0.29) is 0 Å². The number of aryl methyl sites for hydroxylation is 4. The fraction of sp³-hybridized carbons (Fsp3) is 0.148. The van der Waals surface area contributed by atoms with Crippen LogP contribution >= 0.6 is 0 Å². The number of anilines is 6. The van der Waals surface area contributed by atoms with Gasteiger partial charge in [-0.2, -0.15) is 0 Å². The smallest absolute Gasteiger partial charge is 0.0493 e. The van der Waals surface area contributed by atoms with E-state index in [1.165, 1.54) is 67.3 Å². The predicted molar refractivity (Wildman–Crippen MR) is 244 cm³/mol. The summed E-state index contributed by atoms with van der Waals surface area (Å²) in [6, 6.07) is 61.8. The molecule has 0 spiro atoms. The fourth-order valence-electron chi connectivity index (χ4n) is 7.24. The highest BCUT2D eigenvalue weighted by molar-refractivity contribution is 5.81. The van der Waals surface area contributed by atoms with Gasteiger partial charge in [0.1, 0.15) is 0 Å². The lowest BCUT2D eigenvalue weighted by Crippen LogP contribution is -2.12. The summed E-state index contributed by atoms with van der Waals surface area (Å²) in [5.41, 5.74) is 17.1. The lowest BCUT2D eigenvalue weighted by Gasteiger charge is -2.28. The van der Waals surface area contributed by atoms with Crippen LogP contribution in [0.3, 0.4) is 0 Å². The van der Waals surface area contributed by atoms with Crippen LogP contribution in [0.4, 0.5) is 34.1 Å². The van der Waals surface area contributed by atoms with Crippen molar-refractivity contribution in [1.29, 1.82) is 0 Å². The molecule has 0 aliphatic heterocycles. The molecule has 0 unspecified atom stereocenters. The Bertz CT molecular complexity index is 2190. The Morgan fingerprint density at radius 3 is 0.857 bits per heavy atom. The zero-order chi connectivity index (χ0) is 38.7. The van der Waals surface area contributed by atoms with Crippen LogP contribution in [0.2, 0.25) is 0 Å². The van der Waals surface area contributed by atoms with Gasteiger partial charge in [-0.25, -0.2) is 0 Å². The Kier molecular flexibility index (Phi) is 12.4. The van der Waals surface area contributed by atoms with E-state index in [0.717, 1.165) is 37.1 Å². The molecule has 7 rings (SSSR count). The van der Waals surface area contributed by atoms with Crippen LogP contribution in [-0.4, -0.2) is 0 Å². The minimum Gasteiger partial charge on any atom is -0.310 e. The van der Waals surface area contributed by atoms with Gasteiger partial charge in [-0.15, -0.1) is 0 Å². The van der Waals surface area contributed by atoms with E-state index in [4.69, 9.17) is 0 Å². The van der Waals surface area contributed by atoms with Crippen molar-refractivity contribution in [2.75, 3.05) is 9.80 Å². The van der Waals surface area contributed by atoms with Gasteiger partial charge < -0.3 is 9.80 Å². The summed E-state index contributed by atoms with van der Waals surface area (Å²) in [7, 11) is 0. The zero-order valence-electron chi connectivity index (χ0n) is 33.2. The average molecular weight is 729 g/mol. The molecule has 2 heteroatoms. The van der Waals surface area contributed by atoms with E-state index in [9.17, 15) is 0 Å². The van der Waals surface area contributed by atoms with Crippen LogP contribution in [0.1, 0.15) is 72.2 Å². The van der Waals surface area contributed by atoms with Gasteiger partial charge in [0.15, 0.2) is 0 Å². The highest BCUT2D eigenvalue weighted by atomic mass is 15.1. The van der Waals surface area contributed by atoms with Crippen LogP contribution in [0.15, 0.2) is 170 Å². The minimum absolute atomic E-state index is 0.977. The Morgan fingerprint density at radius 2 is 0.571 bits per heavy atom. The summed E-state index contributed by atoms with van der Waals surface area (Å²) in [6.07, 6.45) is 12.8. The molecule has 56 heavy (non-hydrogen) atoms. The van der Waals surface area contributed by atoms with E-state index in [1.54, 1.807) is 0 Å². The molecule has 0 radical (unpaired) electrons. The normalized spacial score (nSPS) is 11.4. The molecule has 0 saturated heterocycles. The maximum Gasteiger partial charge on any atom is 0.0493 e. The van der Waals surface area contributed by atoms with Gasteiger partial charge in [-0.05, 0) is 131 Å². The SMILES string of the molecule is CCc1ccc(N(c2ccc(C=Cc3ccc(C=Cc4ccc(N(c5ccc(CC)cc5)c5ccccc5CC)cc4)cc3)cc2)c2ccccc2CC)cc1. The highest BCUT2D eigenvalue weighted by Gasteiger charge is 2.16. The quantitative estimate of drug-likeness (QED) is 0.103. The number of nitrogens with zero attached hydrogens (tertiary/aromatic N) is 2. The van der Waals surface area contributed by atoms with Crippen molar-refractivity contribution in [3.05, 3.63) is 214 Å². The summed E-state index contributed by atoms with van der Waals surface area (Å²) in [6.45, 7) is 8.85. The summed E-state index contributed by atoms with van der Waals surface area (Å²) >= 11 is 0. The lowest BCUT2D eigenvalue weighted by molar-refractivity contribution is 1.11. The highest BCUT2D eigenvalue weighted by Crippen LogP contribution is 2.39. The van der Waals surface area contributed by atoms with Crippen molar-refractivity contribution in [3.8, 4) is 0 Å². The van der Waals surface area contributed by atoms with Crippen molar-refractivity contribution < 1.29 is 0 Å². The van der Waals surface area contributed by atoms with E-state index in [0.29, 0.717) is 0 Å². The van der Waals surface area contributed by atoms with Crippen molar-refractivity contribution in [3.63, 3.8) is 0 Å². The molecule has 0 heterocycles. The Hall–Kier alpha value is -6.38. The molecule has 0 atom stereocenters. The van der Waals surface area contributed by atoms with Crippen molar-refractivity contribution in [2.45, 2.75) is 53.4 Å². The van der Waals surface area contributed by atoms with Gasteiger partial charge >= 0.3 is 0 Å². The van der Waals surface area contributed by atoms with Crippen molar-refractivity contribution in [1.82, 2.24) is 0 Å². The van der Waals surface area contributed by atoms with Gasteiger partial charge in [0.05, 0.1) is 0 Å². The molecule has 0 saturated carbocycles. The number of hydrogen-bond donors (Lipinski definition) is 0. The fourth-order valence-corrected chi connectivity index (χ4v) is 7.24. The zero-order valence-corrected chi connectivity index (χ0v) is 33.2. The molecule has 0 bridgehead atoms. The van der Waals surface area contributed by atoms with Gasteiger partial charge in [-0.3, -0.25) is 0 Å². The second-order valence-corrected chi connectivity index (χ2v) is 14.2. The van der Waals surface area contributed by atoms with Crippen molar-refractivity contribution in [2.24, 2.45) is 0 Å². The van der Waals surface area contributed by atoms with Gasteiger partial charge in [0.25, 0.3) is 0 Å². The molecule has 0 N–H and O–H groups in total. The molecule has 2 nitrogen and oxygen atoms in total. The summed E-state index contributed by atoms with van der Waals surface area (Å²) in [4.78, 5) is 4.75. The molecule has 0 aliphatic carbocycles. The summed E-state index contributed by atoms with van der Waals surface area (Å²) in [5.74, 6) is 0. The number of rotatable bonds is 14. The van der Waals surface area contributed by atoms with E-state index in [2.05, 4.69) is 232 Å². The first-order chi connectivity index (χ1) is 27.6. The van der Waals surface area contributed by atoms with Gasteiger partial charge in [0, 0.05) is 34.1 Å². The Labute approximate surface area is 334 Å². The van der Waals surface area contributed by atoms with Gasteiger partial charge in [-0.1, -0.05) is 161 Å². The molecule has 0 aliphatic rings. The van der Waals surface area contributed by atoms with Crippen LogP contribution in [-0.2, 0) is 25.7 Å². The topological polar surface area (TPSA) is 6.48 Å². The van der Waals surface area contributed by atoms with Crippen LogP contribution < -0.4 is 9.80 Å². The maximum atomic E-state index is 2.38. The van der Waals surface area contributed by atoms with Crippen LogP contribution in [0.5, 0.6) is 0 Å². The molecule has 0 amide bonds. The van der Waals surface area contributed by atoms with E-state index >= 15 is 0 Å². The maximum absolute atomic E-state index is 2.38. The second kappa shape index (κ2) is 18.3. The van der Waals surface area contributed by atoms with Gasteiger partial charge in [0.2, 0.25) is 0 Å². The lowest BCUT2D eigenvalue weighted by atomic mass is 10.1. The summed E-state index contributed by atoms with van der Waals surface area (Å²) in [5, 5.41) is 0. The van der Waals surface area contributed by atoms with Crippen LogP contribution in [0.25, 0.3) is 24.3 Å². The third kappa shape index (κ3) is 8.94. The molecule has 0 fully saturated rings. The molecular weight excluding hydrogens is 677 g/mol. The standard InChI is InChI=1S/C54H52N2/c1-5-41-25-33-49(34-26-41)55(53-15-11-9-13-47(53)7-3)51-37-29-45(30-38-51)23-21-43-17-19-44(20-18-43)22-24-46-31-39-52(40-32-46)56(50-35-27-42(6-2)28-36-50)54-16-12-10-14-48(54)8-4/h9-40H,5-8H2,1-4H3. The molecule has 0 aromatic heterocycles. The molecule has 7 aromatic rings. The number of para-hydroxylation sites is 2. The molecular formula is C54H52N2. The third-order valence-electron chi connectivity index (χ3n) is 10.6. The molecule has 278 valence electrons. The first-order valence-electron chi connectivity index (χ1n) is 20.2. The molecule has 7 aromatic carbocycles. The largest absolute Gasteiger partial charge is 0.310 e. The first-order valence-corrected chi connectivity index (χ1v) is 20.2.